The van der Waals surface area contributed by atoms with E-state index < -0.39 is 0 Å². The van der Waals surface area contributed by atoms with Crippen molar-refractivity contribution in [3.63, 3.8) is 0 Å². The van der Waals surface area contributed by atoms with Gasteiger partial charge in [0.15, 0.2) is 0 Å². The van der Waals surface area contributed by atoms with Gasteiger partial charge in [0.1, 0.15) is 11.6 Å². The van der Waals surface area contributed by atoms with Gasteiger partial charge in [0.2, 0.25) is 0 Å². The number of oxazole rings is 1. The van der Waals surface area contributed by atoms with Gasteiger partial charge < -0.3 is 13.9 Å². The Morgan fingerprint density at radius 3 is 3.09 bits per heavy atom. The average molecular weight is 303 g/mol. The monoisotopic (exact) mass is 303 g/mol. The van der Waals surface area contributed by atoms with Gasteiger partial charge in [0, 0.05) is 39.0 Å². The van der Waals surface area contributed by atoms with E-state index in [1.807, 2.05) is 26.2 Å². The van der Waals surface area contributed by atoms with Crippen LogP contribution in [0.3, 0.4) is 0 Å². The highest BCUT2D eigenvalue weighted by atomic mass is 16.4. The molecule has 2 amide bonds. The van der Waals surface area contributed by atoms with Gasteiger partial charge in [-0.25, -0.2) is 9.78 Å². The van der Waals surface area contributed by atoms with Crippen LogP contribution in [-0.4, -0.2) is 39.1 Å². The molecule has 7 nitrogen and oxygen atoms in total. The van der Waals surface area contributed by atoms with Crippen molar-refractivity contribution < 1.29 is 9.21 Å². The van der Waals surface area contributed by atoms with Crippen molar-refractivity contribution in [1.29, 1.82) is 0 Å². The van der Waals surface area contributed by atoms with Crippen LogP contribution in [0.25, 0.3) is 0 Å². The summed E-state index contributed by atoms with van der Waals surface area (Å²) in [6.45, 7) is 5.28. The highest BCUT2D eigenvalue weighted by Crippen LogP contribution is 2.20. The lowest BCUT2D eigenvalue weighted by Crippen LogP contribution is -2.37. The minimum atomic E-state index is -0.197. The fourth-order valence-electron chi connectivity index (χ4n) is 2.77. The number of aryl methyl sites for hydroxylation is 3. The molecule has 0 aromatic carbocycles. The molecule has 0 fully saturated rings. The average Bonchev–Trinajstić information content (AvgIpc) is 3.05. The third-order valence-electron chi connectivity index (χ3n) is 4.15. The molecule has 0 spiro atoms. The summed E-state index contributed by atoms with van der Waals surface area (Å²) in [5.41, 5.74) is 0.790. The number of anilines is 1. The predicted octanol–water partition coefficient (Wildman–Crippen LogP) is 2.21. The molecule has 7 heteroatoms. The van der Waals surface area contributed by atoms with Crippen LogP contribution in [-0.2, 0) is 13.0 Å². The van der Waals surface area contributed by atoms with Crippen LogP contribution in [0.15, 0.2) is 16.8 Å². The van der Waals surface area contributed by atoms with Gasteiger partial charge in [-0.15, -0.1) is 0 Å². The van der Waals surface area contributed by atoms with E-state index in [1.54, 1.807) is 11.9 Å². The molecule has 1 aliphatic rings. The Morgan fingerprint density at radius 2 is 2.36 bits per heavy atom. The summed E-state index contributed by atoms with van der Waals surface area (Å²) in [6, 6.07) is 0.0602. The summed E-state index contributed by atoms with van der Waals surface area (Å²) in [5.74, 6) is 2.29. The van der Waals surface area contributed by atoms with Crippen molar-refractivity contribution in [2.45, 2.75) is 33.2 Å². The largest absolute Gasteiger partial charge is 0.428 e. The van der Waals surface area contributed by atoms with Crippen molar-refractivity contribution >= 4 is 12.0 Å². The molecule has 2 aromatic rings. The summed E-state index contributed by atoms with van der Waals surface area (Å²) in [4.78, 5) is 22.4. The molecule has 1 aliphatic heterocycles. The summed E-state index contributed by atoms with van der Waals surface area (Å²) < 4.78 is 7.55. The van der Waals surface area contributed by atoms with Crippen LogP contribution in [0, 0.1) is 19.8 Å². The molecule has 0 unspecified atom stereocenters. The Bertz CT molecular complexity index is 656. The Labute approximate surface area is 129 Å². The molecule has 1 N–H and O–H groups in total. The quantitative estimate of drug-likeness (QED) is 0.943. The van der Waals surface area contributed by atoms with Crippen LogP contribution in [0.4, 0.5) is 10.8 Å². The number of amides is 2. The highest BCUT2D eigenvalue weighted by molar-refractivity contribution is 5.86. The maximum absolute atomic E-state index is 12.2. The molecule has 0 radical (unpaired) electrons. The molecule has 0 bridgehead atoms. The number of urea groups is 1. The lowest BCUT2D eigenvalue weighted by Gasteiger charge is -2.27. The Balaban J connectivity index is 1.55. The number of aromatic nitrogens is 3. The number of hydrogen-bond donors (Lipinski definition) is 1. The van der Waals surface area contributed by atoms with Crippen molar-refractivity contribution in [2.75, 3.05) is 18.9 Å². The number of nitrogens with zero attached hydrogens (tertiary/aromatic N) is 4. The fraction of sp³-hybridized carbons (Fsp3) is 0.533. The van der Waals surface area contributed by atoms with E-state index >= 15 is 0 Å². The molecule has 22 heavy (non-hydrogen) atoms. The molecule has 0 saturated heterocycles. The molecule has 0 saturated carbocycles. The Kier molecular flexibility index (Phi) is 3.87. The smallest absolute Gasteiger partial charge is 0.325 e. The lowest BCUT2D eigenvalue weighted by atomic mass is 9.99. The molecular weight excluding hydrogens is 282 g/mol. The molecule has 2 aromatic heterocycles. The standard InChI is InChI=1S/C15H21N5O2/c1-10-11(2)22-14(17-10)18-15(21)19(3)8-12-4-5-13-16-6-7-20(13)9-12/h6-7,12H,4-5,8-9H2,1-3H3,(H,17,18,21)/t12-/m1/s1. The second-order valence-electron chi connectivity index (χ2n) is 5.87. The number of imidazole rings is 1. The van der Waals surface area contributed by atoms with Gasteiger partial charge in [-0.2, -0.15) is 4.98 Å². The zero-order valence-electron chi connectivity index (χ0n) is 13.2. The maximum Gasteiger partial charge on any atom is 0.325 e. The van der Waals surface area contributed by atoms with E-state index in [4.69, 9.17) is 4.42 Å². The molecular formula is C15H21N5O2. The Hall–Kier alpha value is -2.31. The zero-order chi connectivity index (χ0) is 15.7. The van der Waals surface area contributed by atoms with Gasteiger partial charge in [-0.1, -0.05) is 0 Å². The van der Waals surface area contributed by atoms with E-state index in [9.17, 15) is 4.79 Å². The lowest BCUT2D eigenvalue weighted by molar-refractivity contribution is 0.204. The first-order valence-electron chi connectivity index (χ1n) is 7.49. The van der Waals surface area contributed by atoms with Crippen molar-refractivity contribution in [1.82, 2.24) is 19.4 Å². The minimum absolute atomic E-state index is 0.197. The van der Waals surface area contributed by atoms with E-state index in [-0.39, 0.29) is 12.0 Å². The third-order valence-corrected chi connectivity index (χ3v) is 4.15. The zero-order valence-corrected chi connectivity index (χ0v) is 13.2. The first-order chi connectivity index (χ1) is 10.5. The summed E-state index contributed by atoms with van der Waals surface area (Å²) in [7, 11) is 1.79. The van der Waals surface area contributed by atoms with E-state index in [2.05, 4.69) is 19.9 Å². The topological polar surface area (TPSA) is 76.2 Å². The van der Waals surface area contributed by atoms with E-state index in [0.717, 1.165) is 36.7 Å². The SMILES string of the molecule is Cc1nc(NC(=O)N(C)C[C@H]2CCc3nccn3C2)oc1C. The third kappa shape index (κ3) is 2.98. The molecule has 0 aliphatic carbocycles. The predicted molar refractivity (Wildman–Crippen MR) is 81.7 cm³/mol. The second kappa shape index (κ2) is 5.82. The molecule has 1 atom stereocenters. The van der Waals surface area contributed by atoms with Crippen molar-refractivity contribution in [2.24, 2.45) is 5.92 Å². The first kappa shape index (κ1) is 14.6. The van der Waals surface area contributed by atoms with Gasteiger partial charge in [0.05, 0.1) is 5.69 Å². The Morgan fingerprint density at radius 1 is 1.55 bits per heavy atom. The number of rotatable bonds is 3. The van der Waals surface area contributed by atoms with E-state index in [1.165, 1.54) is 0 Å². The number of nitrogens with one attached hydrogen (secondary N) is 1. The van der Waals surface area contributed by atoms with Gasteiger partial charge in [0.25, 0.3) is 0 Å². The van der Waals surface area contributed by atoms with E-state index in [0.29, 0.717) is 12.5 Å². The van der Waals surface area contributed by atoms with Crippen LogP contribution < -0.4 is 5.32 Å². The molecule has 3 rings (SSSR count). The molecule has 118 valence electrons. The number of hydrogen-bond acceptors (Lipinski definition) is 4. The minimum Gasteiger partial charge on any atom is -0.428 e. The number of carbonyl (C=O) groups excluding carboxylic acids is 1. The maximum atomic E-state index is 12.2. The number of fused-ring (bicyclic) bond motifs is 1. The number of carbonyl (C=O) groups is 1. The van der Waals surface area contributed by atoms with Crippen LogP contribution >= 0.6 is 0 Å². The fourth-order valence-corrected chi connectivity index (χ4v) is 2.77. The van der Waals surface area contributed by atoms with Crippen molar-refractivity contribution in [3.8, 4) is 0 Å². The first-order valence-corrected chi connectivity index (χ1v) is 7.49. The van der Waals surface area contributed by atoms with Crippen LogP contribution in [0.5, 0.6) is 0 Å². The van der Waals surface area contributed by atoms with Crippen LogP contribution in [0.1, 0.15) is 23.7 Å². The summed E-state index contributed by atoms with van der Waals surface area (Å²) >= 11 is 0. The van der Waals surface area contributed by atoms with Crippen LogP contribution in [0.2, 0.25) is 0 Å². The summed E-state index contributed by atoms with van der Waals surface area (Å²) in [6.07, 6.45) is 5.85. The van der Waals surface area contributed by atoms with Gasteiger partial charge in [-0.3, -0.25) is 5.32 Å². The highest BCUT2D eigenvalue weighted by Gasteiger charge is 2.22. The normalized spacial score (nSPS) is 17.1. The van der Waals surface area contributed by atoms with Gasteiger partial charge >= 0.3 is 12.0 Å². The molecule has 3 heterocycles. The van der Waals surface area contributed by atoms with Crippen molar-refractivity contribution in [3.05, 3.63) is 29.7 Å². The summed E-state index contributed by atoms with van der Waals surface area (Å²) in [5, 5.41) is 2.70. The second-order valence-corrected chi connectivity index (χ2v) is 5.87. The van der Waals surface area contributed by atoms with Gasteiger partial charge in [-0.05, 0) is 26.2 Å².